The Morgan fingerprint density at radius 3 is 2.33 bits per heavy atom. The zero-order valence-corrected chi connectivity index (χ0v) is 22.7. The highest BCUT2D eigenvalue weighted by molar-refractivity contribution is 7.89. The Labute approximate surface area is 230 Å². The number of ether oxygens (including phenoxy) is 1. The normalized spacial score (nSPS) is 12.6. The molecule has 0 unspecified atom stereocenters. The number of aromatic nitrogens is 1. The average Bonchev–Trinajstić information content (AvgIpc) is 3.40. The topological polar surface area (TPSA) is 164 Å². The number of hydrogen-bond acceptors (Lipinski definition) is 8. The van der Waals surface area contributed by atoms with Crippen LogP contribution < -0.4 is 16.6 Å². The third-order valence-corrected chi connectivity index (χ3v) is 7.40. The molecular weight excluding hydrogens is 534 g/mol. The first-order valence-electron chi connectivity index (χ1n) is 11.9. The molecule has 0 radical (unpaired) electrons. The van der Waals surface area contributed by atoms with Crippen LogP contribution in [0.5, 0.6) is 0 Å². The molecule has 9 nitrogen and oxygen atoms in total. The van der Waals surface area contributed by atoms with Crippen LogP contribution in [0.25, 0.3) is 16.8 Å². The van der Waals surface area contributed by atoms with Gasteiger partial charge in [-0.3, -0.25) is 0 Å². The molecule has 0 saturated heterocycles. The third kappa shape index (κ3) is 6.96. The average molecular weight is 562 g/mol. The van der Waals surface area contributed by atoms with Gasteiger partial charge in [0.15, 0.2) is 5.69 Å². The van der Waals surface area contributed by atoms with Crippen LogP contribution in [0.3, 0.4) is 0 Å². The molecule has 1 heterocycles. The number of carbonyl (C=O) groups excluding carboxylic acids is 1. The van der Waals surface area contributed by atoms with Gasteiger partial charge in [0.25, 0.3) is 0 Å². The van der Waals surface area contributed by atoms with Crippen molar-refractivity contribution in [3.63, 3.8) is 0 Å². The lowest BCUT2D eigenvalue weighted by Crippen LogP contribution is -2.20. The van der Waals surface area contributed by atoms with Crippen molar-refractivity contribution in [2.75, 3.05) is 6.61 Å². The van der Waals surface area contributed by atoms with Gasteiger partial charge in [-0.05, 0) is 47.4 Å². The molecule has 0 amide bonds. The molecule has 200 valence electrons. The molecule has 0 aliphatic heterocycles. The van der Waals surface area contributed by atoms with Crippen molar-refractivity contribution in [2.45, 2.75) is 18.2 Å². The number of thiazole rings is 1. The second kappa shape index (κ2) is 12.0. The number of carbonyl (C=O) groups is 1. The van der Waals surface area contributed by atoms with E-state index in [4.69, 9.17) is 21.3 Å². The van der Waals surface area contributed by atoms with Crippen LogP contribution >= 0.6 is 11.3 Å². The first kappa shape index (κ1) is 27.7. The predicted octanol–water partition coefficient (Wildman–Crippen LogP) is 4.24. The number of esters is 1. The summed E-state index contributed by atoms with van der Waals surface area (Å²) in [4.78, 5) is 20.7. The van der Waals surface area contributed by atoms with E-state index in [0.29, 0.717) is 11.3 Å². The number of amidine groups is 1. The van der Waals surface area contributed by atoms with Crippen LogP contribution in [0, 0.1) is 0 Å². The second-order valence-electron chi connectivity index (χ2n) is 8.44. The Morgan fingerprint density at radius 1 is 0.974 bits per heavy atom. The molecule has 0 aliphatic rings. The smallest absolute Gasteiger partial charge is 0.357 e. The van der Waals surface area contributed by atoms with E-state index in [2.05, 4.69) is 9.98 Å². The highest BCUT2D eigenvalue weighted by Gasteiger charge is 2.16. The Kier molecular flexibility index (Phi) is 8.55. The number of aliphatic imine (C=N–C) groups is 1. The summed E-state index contributed by atoms with van der Waals surface area (Å²) in [5.41, 5.74) is 17.7. The molecule has 0 spiro atoms. The summed E-state index contributed by atoms with van der Waals surface area (Å²) in [6.07, 6.45) is 0.248. The molecular formula is C28H27N5O4S2. The van der Waals surface area contributed by atoms with Gasteiger partial charge in [0, 0.05) is 23.1 Å². The van der Waals surface area contributed by atoms with Crippen molar-refractivity contribution < 1.29 is 17.9 Å². The molecule has 3 aromatic carbocycles. The lowest BCUT2D eigenvalue weighted by molar-refractivity contribution is 0.0520. The lowest BCUT2D eigenvalue weighted by atomic mass is 9.96. The van der Waals surface area contributed by atoms with E-state index < -0.39 is 16.0 Å². The molecule has 0 bridgehead atoms. The van der Waals surface area contributed by atoms with Crippen LogP contribution in [0.4, 0.5) is 5.13 Å². The van der Waals surface area contributed by atoms with Crippen molar-refractivity contribution >= 4 is 44.0 Å². The second-order valence-corrected chi connectivity index (χ2v) is 10.8. The minimum absolute atomic E-state index is 0.00349. The summed E-state index contributed by atoms with van der Waals surface area (Å²) in [5.74, 6) is -0.436. The molecule has 4 rings (SSSR count). The summed E-state index contributed by atoms with van der Waals surface area (Å²) >= 11 is 1.14. The Bertz CT molecular complexity index is 1640. The summed E-state index contributed by atoms with van der Waals surface area (Å²) in [6.45, 7) is 1.94. The van der Waals surface area contributed by atoms with Crippen molar-refractivity contribution in [3.8, 4) is 11.1 Å². The van der Waals surface area contributed by atoms with Gasteiger partial charge in [0.05, 0.1) is 11.5 Å². The van der Waals surface area contributed by atoms with Crippen LogP contribution in [0.1, 0.15) is 28.5 Å². The molecule has 39 heavy (non-hydrogen) atoms. The van der Waals surface area contributed by atoms with Gasteiger partial charge in [-0.1, -0.05) is 60.7 Å². The van der Waals surface area contributed by atoms with Crippen LogP contribution in [0.15, 0.2) is 99.7 Å². The number of rotatable bonds is 9. The van der Waals surface area contributed by atoms with Crippen LogP contribution in [-0.4, -0.2) is 31.8 Å². The number of sulfonamides is 1. The zero-order chi connectivity index (χ0) is 28.0. The molecule has 11 heteroatoms. The van der Waals surface area contributed by atoms with Gasteiger partial charge in [0.1, 0.15) is 5.84 Å². The van der Waals surface area contributed by atoms with E-state index >= 15 is 0 Å². The zero-order valence-electron chi connectivity index (χ0n) is 21.1. The standard InChI is InChI=1S/C28H27N5O4S2/c1-2-37-27(34)24-17-38-28(32-24)33-26(30)23(15-18-11-13-22(14-12-18)39(31,35)36)25(29)21-10-6-9-20(16-21)19-7-4-3-5-8-19/h3-14,16-17H,2,15,29H2,1H3,(H2,30,32,33)(H2,31,35,36). The van der Waals surface area contributed by atoms with Crippen molar-refractivity contribution in [2.24, 2.45) is 21.6 Å². The van der Waals surface area contributed by atoms with Gasteiger partial charge in [-0.2, -0.15) is 0 Å². The molecule has 1 aromatic heterocycles. The maximum atomic E-state index is 12.0. The minimum atomic E-state index is -3.83. The number of benzene rings is 3. The summed E-state index contributed by atoms with van der Waals surface area (Å²) < 4.78 is 28.4. The summed E-state index contributed by atoms with van der Waals surface area (Å²) in [7, 11) is -3.83. The SMILES string of the molecule is CCOC(=O)c1csc(N=C(N)C(Cc2ccc(S(N)(=O)=O)cc2)=C(N)c2cccc(-c3ccccc3)c2)n1. The molecule has 0 aliphatic carbocycles. The quantitative estimate of drug-likeness (QED) is 0.156. The first-order chi connectivity index (χ1) is 18.7. The minimum Gasteiger partial charge on any atom is -0.461 e. The Balaban J connectivity index is 1.76. The fraction of sp³-hybridized carbons (Fsp3) is 0.107. The van der Waals surface area contributed by atoms with Crippen molar-refractivity contribution in [1.82, 2.24) is 4.98 Å². The maximum absolute atomic E-state index is 12.0. The van der Waals surface area contributed by atoms with E-state index in [1.54, 1.807) is 24.4 Å². The summed E-state index contributed by atoms with van der Waals surface area (Å²) in [5, 5.41) is 7.05. The molecule has 6 N–H and O–H groups in total. The molecule has 0 saturated carbocycles. The first-order valence-corrected chi connectivity index (χ1v) is 14.3. The van der Waals surface area contributed by atoms with Crippen molar-refractivity contribution in [1.29, 1.82) is 0 Å². The van der Waals surface area contributed by atoms with Gasteiger partial charge in [0.2, 0.25) is 15.2 Å². The van der Waals surface area contributed by atoms with Gasteiger partial charge >= 0.3 is 5.97 Å². The fourth-order valence-corrected chi connectivity index (χ4v) is 4.96. The third-order valence-electron chi connectivity index (χ3n) is 5.74. The van der Waals surface area contributed by atoms with Crippen LogP contribution in [-0.2, 0) is 21.2 Å². The Morgan fingerprint density at radius 2 is 1.67 bits per heavy atom. The van der Waals surface area contributed by atoms with Gasteiger partial charge in [-0.25, -0.2) is 28.3 Å². The molecule has 0 atom stereocenters. The molecule has 0 fully saturated rings. The number of primary sulfonamides is 1. The molecule has 4 aromatic rings. The van der Waals surface area contributed by atoms with E-state index in [1.807, 2.05) is 54.6 Å². The van der Waals surface area contributed by atoms with Gasteiger partial charge in [-0.15, -0.1) is 11.3 Å². The monoisotopic (exact) mass is 561 g/mol. The predicted molar refractivity (Wildman–Crippen MR) is 154 cm³/mol. The van der Waals surface area contributed by atoms with Crippen LogP contribution in [0.2, 0.25) is 0 Å². The fourth-order valence-electron chi connectivity index (χ4n) is 3.78. The lowest BCUT2D eigenvalue weighted by Gasteiger charge is -2.14. The van der Waals surface area contributed by atoms with E-state index in [1.165, 1.54) is 12.1 Å². The van der Waals surface area contributed by atoms with E-state index in [9.17, 15) is 13.2 Å². The number of hydrogen-bond donors (Lipinski definition) is 3. The number of nitrogens with zero attached hydrogens (tertiary/aromatic N) is 2. The largest absolute Gasteiger partial charge is 0.461 e. The van der Waals surface area contributed by atoms with E-state index in [-0.39, 0.29) is 34.6 Å². The van der Waals surface area contributed by atoms with E-state index in [0.717, 1.165) is 33.6 Å². The highest BCUT2D eigenvalue weighted by atomic mass is 32.2. The van der Waals surface area contributed by atoms with Crippen molar-refractivity contribution in [3.05, 3.63) is 107 Å². The number of nitrogens with two attached hydrogens (primary N) is 3. The Hall–Kier alpha value is -4.32. The van der Waals surface area contributed by atoms with Gasteiger partial charge < -0.3 is 16.2 Å². The maximum Gasteiger partial charge on any atom is 0.357 e. The summed E-state index contributed by atoms with van der Waals surface area (Å²) in [6, 6.07) is 23.7. The highest BCUT2D eigenvalue weighted by Crippen LogP contribution is 2.26.